The largest absolute Gasteiger partial charge is 0.457 e. The van der Waals surface area contributed by atoms with Crippen molar-refractivity contribution < 1.29 is 69.0 Å². The van der Waals surface area contributed by atoms with Crippen molar-refractivity contribution >= 4 is 5.97 Å². The molecule has 11 unspecified atom stereocenters. The van der Waals surface area contributed by atoms with Gasteiger partial charge in [0.05, 0.1) is 26.4 Å². The number of esters is 1. The normalized spacial score (nSPS) is 23.8. The molecular formula is C68H124O14. The molecule has 14 heteroatoms. The SMILES string of the molecule is CC/C=C\C/C=C\C/C=C\C/C=C\CCCCCCCCCCCCCCC(=O)OC(COCCCCCCCCCCCCCCCCCCCCCCCCC)COC1OC(COC2OC(CO)C(O)C(O)C2O)C(O)C(O)C1O. The lowest BCUT2D eigenvalue weighted by molar-refractivity contribution is -0.332. The van der Waals surface area contributed by atoms with E-state index in [0.717, 1.165) is 70.6 Å². The number of hydrogen-bond donors (Lipinski definition) is 7. The maximum Gasteiger partial charge on any atom is 0.306 e. The van der Waals surface area contributed by atoms with Crippen molar-refractivity contribution in [2.24, 2.45) is 0 Å². The van der Waals surface area contributed by atoms with E-state index < -0.39 is 80.7 Å². The average Bonchev–Trinajstić information content (AvgIpc) is 3.54. The fourth-order valence-electron chi connectivity index (χ4n) is 10.8. The van der Waals surface area contributed by atoms with Gasteiger partial charge in [-0.1, -0.05) is 268 Å². The molecule has 2 fully saturated rings. The number of carbonyl (C=O) groups is 1. The third-order valence-corrected chi connectivity index (χ3v) is 16.1. The molecule has 0 aromatic rings. The van der Waals surface area contributed by atoms with Crippen LogP contribution in [0.2, 0.25) is 0 Å². The number of allylic oxidation sites excluding steroid dienone is 8. The van der Waals surface area contributed by atoms with E-state index in [2.05, 4.69) is 62.5 Å². The van der Waals surface area contributed by atoms with E-state index in [9.17, 15) is 40.5 Å². The Morgan fingerprint density at radius 3 is 1.24 bits per heavy atom. The molecule has 0 spiro atoms. The van der Waals surface area contributed by atoms with Crippen LogP contribution in [0.25, 0.3) is 0 Å². The van der Waals surface area contributed by atoms with Gasteiger partial charge in [0, 0.05) is 13.0 Å². The highest BCUT2D eigenvalue weighted by Gasteiger charge is 2.47. The summed E-state index contributed by atoms with van der Waals surface area (Å²) in [4.78, 5) is 13.1. The van der Waals surface area contributed by atoms with Crippen molar-refractivity contribution in [2.75, 3.05) is 33.0 Å². The van der Waals surface area contributed by atoms with Gasteiger partial charge in [0.15, 0.2) is 12.6 Å². The van der Waals surface area contributed by atoms with Gasteiger partial charge in [0.1, 0.15) is 54.9 Å². The minimum Gasteiger partial charge on any atom is -0.457 e. The summed E-state index contributed by atoms with van der Waals surface area (Å²) in [6.07, 6.45) is 51.8. The van der Waals surface area contributed by atoms with Crippen LogP contribution in [0.3, 0.4) is 0 Å². The van der Waals surface area contributed by atoms with Crippen LogP contribution in [-0.4, -0.2) is 142 Å². The first-order chi connectivity index (χ1) is 40.1. The Morgan fingerprint density at radius 2 is 0.793 bits per heavy atom. The lowest BCUT2D eigenvalue weighted by atomic mass is 9.98. The standard InChI is InChI=1S/C68H124O14/c1-3-5-7-9-11-13-15-17-19-21-23-25-27-28-29-31-33-35-37-39-41-43-45-47-49-51-60(70)80-57(55-78-67-66(76)64(74)62(72)59(82-67)56-79-68-65(75)63(73)61(71)58(53-69)81-68)54-77-52-50-48-46-44-42-40-38-36-34-32-30-26-24-22-20-18-16-14-12-10-8-6-4-2/h5,7,11,13,17,19,23,25,57-59,61-69,71-76H,3-4,6,8-10,12,14-16,18,20-22,24,26-56H2,1-2H3/b7-5-,13-11-,19-17-,25-23-. The topological polar surface area (TPSA) is 214 Å². The van der Waals surface area contributed by atoms with Gasteiger partial charge in [-0.15, -0.1) is 0 Å². The highest BCUT2D eigenvalue weighted by Crippen LogP contribution is 2.27. The summed E-state index contributed by atoms with van der Waals surface area (Å²) in [6, 6.07) is 0. The summed E-state index contributed by atoms with van der Waals surface area (Å²) in [5, 5.41) is 72.6. The third kappa shape index (κ3) is 39.6. The molecule has 14 nitrogen and oxygen atoms in total. The summed E-state index contributed by atoms with van der Waals surface area (Å²) in [5.41, 5.74) is 0. The van der Waals surface area contributed by atoms with Crippen LogP contribution < -0.4 is 0 Å². The summed E-state index contributed by atoms with van der Waals surface area (Å²) < 4.78 is 34.5. The van der Waals surface area contributed by atoms with E-state index in [1.165, 1.54) is 180 Å². The van der Waals surface area contributed by atoms with Crippen LogP contribution in [0.15, 0.2) is 48.6 Å². The van der Waals surface area contributed by atoms with Crippen molar-refractivity contribution in [1.29, 1.82) is 0 Å². The summed E-state index contributed by atoms with van der Waals surface area (Å²) in [7, 11) is 0. The molecule has 82 heavy (non-hydrogen) atoms. The van der Waals surface area contributed by atoms with Crippen LogP contribution >= 0.6 is 0 Å². The number of unbranched alkanes of at least 4 members (excludes halogenated alkanes) is 34. The molecule has 0 saturated carbocycles. The number of aliphatic hydroxyl groups excluding tert-OH is 7. The summed E-state index contributed by atoms with van der Waals surface area (Å²) in [5.74, 6) is -0.373. The molecule has 480 valence electrons. The maximum atomic E-state index is 13.1. The quantitative estimate of drug-likeness (QED) is 0.0171. The lowest BCUT2D eigenvalue weighted by Gasteiger charge is -2.42. The first-order valence-electron chi connectivity index (χ1n) is 33.7. The van der Waals surface area contributed by atoms with E-state index in [4.69, 9.17) is 28.4 Å². The molecule has 2 aliphatic heterocycles. The molecule has 0 aromatic carbocycles. The minimum absolute atomic E-state index is 0.0642. The Bertz CT molecular complexity index is 1540. The monoisotopic (exact) mass is 1160 g/mol. The molecule has 0 amide bonds. The number of ether oxygens (including phenoxy) is 6. The van der Waals surface area contributed by atoms with Gasteiger partial charge in [0.25, 0.3) is 0 Å². The Morgan fingerprint density at radius 1 is 0.415 bits per heavy atom. The predicted molar refractivity (Wildman–Crippen MR) is 330 cm³/mol. The van der Waals surface area contributed by atoms with Gasteiger partial charge in [0.2, 0.25) is 0 Å². The highest BCUT2D eigenvalue weighted by molar-refractivity contribution is 5.69. The van der Waals surface area contributed by atoms with E-state index in [1.54, 1.807) is 0 Å². The minimum atomic E-state index is -1.71. The molecule has 7 N–H and O–H groups in total. The fourth-order valence-corrected chi connectivity index (χ4v) is 10.8. The molecule has 0 bridgehead atoms. The third-order valence-electron chi connectivity index (χ3n) is 16.1. The molecule has 2 rings (SSSR count). The van der Waals surface area contributed by atoms with Gasteiger partial charge < -0.3 is 64.2 Å². The number of carbonyl (C=O) groups excluding carboxylic acids is 1. The first kappa shape index (κ1) is 76.0. The zero-order valence-electron chi connectivity index (χ0n) is 52.0. The Labute approximate surface area is 499 Å². The second-order valence-corrected chi connectivity index (χ2v) is 23.6. The Balaban J connectivity index is 1.65. The predicted octanol–water partition coefficient (Wildman–Crippen LogP) is 13.8. The smallest absolute Gasteiger partial charge is 0.306 e. The molecule has 11 atom stereocenters. The zero-order valence-corrected chi connectivity index (χ0v) is 52.0. The van der Waals surface area contributed by atoms with Crippen LogP contribution in [0.5, 0.6) is 0 Å². The van der Waals surface area contributed by atoms with Crippen LogP contribution in [0.1, 0.15) is 277 Å². The van der Waals surface area contributed by atoms with Crippen molar-refractivity contribution in [1.82, 2.24) is 0 Å². The van der Waals surface area contributed by atoms with Crippen LogP contribution in [0, 0.1) is 0 Å². The molecule has 0 radical (unpaired) electrons. The van der Waals surface area contributed by atoms with E-state index in [0.29, 0.717) is 13.0 Å². The first-order valence-corrected chi connectivity index (χ1v) is 33.7. The Kier molecular flexibility index (Phi) is 50.4. The summed E-state index contributed by atoms with van der Waals surface area (Å²) >= 11 is 0. The molecule has 0 aromatic heterocycles. The van der Waals surface area contributed by atoms with E-state index >= 15 is 0 Å². The fraction of sp³-hybridized carbons (Fsp3) is 0.868. The average molecular weight is 1170 g/mol. The Hall–Kier alpha value is -2.05. The van der Waals surface area contributed by atoms with Gasteiger partial charge in [-0.05, 0) is 51.4 Å². The van der Waals surface area contributed by atoms with Gasteiger partial charge in [-0.25, -0.2) is 0 Å². The van der Waals surface area contributed by atoms with E-state index in [1.807, 2.05) is 0 Å². The molecular weight excluding hydrogens is 1040 g/mol. The van der Waals surface area contributed by atoms with Crippen molar-refractivity contribution in [3.63, 3.8) is 0 Å². The van der Waals surface area contributed by atoms with E-state index in [-0.39, 0.29) is 25.6 Å². The number of hydrogen-bond acceptors (Lipinski definition) is 14. The zero-order chi connectivity index (χ0) is 59.4. The summed E-state index contributed by atoms with van der Waals surface area (Å²) in [6.45, 7) is 3.64. The molecule has 2 heterocycles. The molecule has 2 saturated heterocycles. The van der Waals surface area contributed by atoms with Crippen molar-refractivity contribution in [3.8, 4) is 0 Å². The van der Waals surface area contributed by atoms with Gasteiger partial charge >= 0.3 is 5.97 Å². The number of rotatable bonds is 56. The van der Waals surface area contributed by atoms with Crippen molar-refractivity contribution in [3.05, 3.63) is 48.6 Å². The van der Waals surface area contributed by atoms with Crippen LogP contribution in [-0.2, 0) is 33.2 Å². The maximum absolute atomic E-state index is 13.1. The second-order valence-electron chi connectivity index (χ2n) is 23.6. The van der Waals surface area contributed by atoms with Gasteiger partial charge in [-0.3, -0.25) is 4.79 Å². The molecule has 0 aliphatic carbocycles. The number of aliphatic hydroxyl groups is 7. The van der Waals surface area contributed by atoms with Crippen LogP contribution in [0.4, 0.5) is 0 Å². The van der Waals surface area contributed by atoms with Crippen molar-refractivity contribution in [2.45, 2.75) is 345 Å². The van der Waals surface area contributed by atoms with Gasteiger partial charge in [-0.2, -0.15) is 0 Å². The lowest BCUT2D eigenvalue weighted by Crippen LogP contribution is -2.61. The molecule has 2 aliphatic rings. The highest BCUT2D eigenvalue weighted by atomic mass is 16.7. The second kappa shape index (κ2) is 54.3.